The molecule has 15 aromatic carbocycles. The second kappa shape index (κ2) is 21.9. The highest BCUT2D eigenvalue weighted by atomic mass is 15.3. The summed E-state index contributed by atoms with van der Waals surface area (Å²) in [6, 6.07) is 126. The summed E-state index contributed by atoms with van der Waals surface area (Å²) in [6.45, 7) is 0.445. The van der Waals surface area contributed by atoms with Gasteiger partial charge < -0.3 is 32.4 Å². The average Bonchev–Trinajstić information content (AvgIpc) is 1.56. The maximum absolute atomic E-state index is 5.73. The minimum absolute atomic E-state index is 0.445. The summed E-state index contributed by atoms with van der Waals surface area (Å²) in [4.78, 5) is 5.73. The van der Waals surface area contributed by atoms with Gasteiger partial charge in [0.05, 0.1) is 66.2 Å². The Balaban J connectivity index is 0.733. The van der Waals surface area contributed by atoms with E-state index in [-0.39, 0.29) is 0 Å². The van der Waals surface area contributed by atoms with Crippen LogP contribution in [-0.4, -0.2) is 32.4 Å². The van der Waals surface area contributed by atoms with Crippen molar-refractivity contribution in [1.29, 1.82) is 0 Å². The normalized spacial score (nSPS) is 12.2. The van der Waals surface area contributed by atoms with Crippen LogP contribution in [0, 0.1) is 0 Å². The second-order valence-electron chi connectivity index (χ2n) is 26.9. The Morgan fingerprint density at radius 2 is 0.578 bits per heavy atom. The Labute approximate surface area is 584 Å². The van der Waals surface area contributed by atoms with Gasteiger partial charge in [-0.15, -0.1) is 0 Å². The van der Waals surface area contributed by atoms with Crippen molar-refractivity contribution in [2.45, 2.75) is 6.54 Å². The van der Waals surface area contributed by atoms with E-state index >= 15 is 0 Å². The van der Waals surface area contributed by atoms with Crippen LogP contribution < -0.4 is 9.78 Å². The third kappa shape index (κ3) is 8.27. The third-order valence-corrected chi connectivity index (χ3v) is 21.3. The Hall–Kier alpha value is -13.8. The van der Waals surface area contributed by atoms with Crippen LogP contribution in [0.2, 0.25) is 0 Å². The number of rotatable bonds is 10. The van der Waals surface area contributed by atoms with Gasteiger partial charge in [0.2, 0.25) is 0 Å². The molecule has 0 atom stereocenters. The van der Waals surface area contributed by atoms with Crippen LogP contribution in [0.5, 0.6) is 0 Å². The Kier molecular flexibility index (Phi) is 12.1. The molecule has 7 heterocycles. The van der Waals surface area contributed by atoms with Crippen LogP contribution in [0.3, 0.4) is 0 Å². The fourth-order valence-electron chi connectivity index (χ4n) is 17.1. The second-order valence-corrected chi connectivity index (χ2v) is 26.9. The predicted octanol–water partition coefficient (Wildman–Crippen LogP) is 22.3. The summed E-state index contributed by atoms with van der Waals surface area (Å²) in [5, 5.41) is 20.1. The third-order valence-electron chi connectivity index (χ3n) is 21.3. The van der Waals surface area contributed by atoms with E-state index in [1.807, 2.05) is 0 Å². The lowest BCUT2D eigenvalue weighted by Gasteiger charge is -2.13. The van der Waals surface area contributed by atoms with Crippen LogP contribution in [-0.2, 0) is 6.54 Å². The Morgan fingerprint density at radius 1 is 0.235 bits per heavy atom. The topological polar surface area (TPSA) is 60.4 Å². The van der Waals surface area contributed by atoms with Crippen molar-refractivity contribution in [1.82, 2.24) is 37.5 Å². The molecule has 0 aliphatic heterocycles. The van der Waals surface area contributed by atoms with Crippen LogP contribution in [0.15, 0.2) is 346 Å². The van der Waals surface area contributed by atoms with Gasteiger partial charge in [0, 0.05) is 104 Å². The van der Waals surface area contributed by atoms with Crippen molar-refractivity contribution in [3.8, 4) is 56.9 Å². The van der Waals surface area contributed by atoms with Gasteiger partial charge in [-0.25, -0.2) is 0 Å². The zero-order valence-electron chi connectivity index (χ0n) is 55.1. The monoisotopic (exact) mass is 1300 g/mol. The van der Waals surface area contributed by atoms with Crippen molar-refractivity contribution in [3.63, 3.8) is 0 Å². The van der Waals surface area contributed by atoms with Gasteiger partial charge in [0.15, 0.2) is 0 Å². The highest BCUT2D eigenvalue weighted by Gasteiger charge is 2.25. The maximum Gasteiger partial charge on any atom is 0.126 e. The number of aromatic nitrogens is 9. The molecular formula is C93H59N9. The van der Waals surface area contributed by atoms with E-state index in [0.717, 1.165) is 101 Å². The molecule has 0 amide bonds. The molecular weight excluding hydrogens is 1240 g/mol. The van der Waals surface area contributed by atoms with Gasteiger partial charge in [-0.1, -0.05) is 206 Å². The van der Waals surface area contributed by atoms with Crippen LogP contribution in [0.4, 0.5) is 0 Å². The minimum atomic E-state index is 0.445. The molecule has 0 bridgehead atoms. The van der Waals surface area contributed by atoms with Crippen LogP contribution >= 0.6 is 0 Å². The van der Waals surface area contributed by atoms with Crippen molar-refractivity contribution < 1.29 is 4.68 Å². The molecule has 9 heteroatoms. The quantitative estimate of drug-likeness (QED) is 0.128. The van der Waals surface area contributed by atoms with Gasteiger partial charge in [0.25, 0.3) is 0 Å². The van der Waals surface area contributed by atoms with Crippen LogP contribution in [0.1, 0.15) is 5.56 Å². The van der Waals surface area contributed by atoms with E-state index < -0.39 is 0 Å². The SMILES string of the molecule is c1ccc(-n2c3ccccc3c3cc4c(cc32)c2ccccc2n4-c2cccc(C[n+]3[n-]c(-c4cccc(-n5c6ccccc6c6cc7c(cc65)c5ccccc5n7-c5ccccc5)c4)nc3-c3cccc(-n4c5ccccc5c5ccc6c(c7ccccc7n6-c6ccccc6)c54)c3)c2)cc1. The van der Waals surface area contributed by atoms with Gasteiger partial charge in [-0.2, -0.15) is 0 Å². The van der Waals surface area contributed by atoms with E-state index in [0.29, 0.717) is 12.4 Å². The molecule has 0 saturated carbocycles. The number of hydrogen-bond acceptors (Lipinski definition) is 1. The lowest BCUT2D eigenvalue weighted by molar-refractivity contribution is -0.737. The number of fused-ring (bicyclic) bond motifs is 19. The minimum Gasteiger partial charge on any atom is -0.397 e. The molecule has 0 spiro atoms. The first-order valence-electron chi connectivity index (χ1n) is 34.9. The number of para-hydroxylation sites is 9. The maximum atomic E-state index is 5.73. The first-order chi connectivity index (χ1) is 50.6. The van der Waals surface area contributed by atoms with Gasteiger partial charge in [-0.05, 0) is 156 Å². The van der Waals surface area contributed by atoms with Gasteiger partial charge >= 0.3 is 0 Å². The van der Waals surface area contributed by atoms with E-state index in [9.17, 15) is 0 Å². The molecule has 22 aromatic rings. The summed E-state index contributed by atoms with van der Waals surface area (Å²) < 4.78 is 16.7. The molecule has 102 heavy (non-hydrogen) atoms. The molecule has 0 radical (unpaired) electrons. The number of hydrogen-bond donors (Lipinski definition) is 0. The standard InChI is InChI=1S/C93H59N9/c1-4-28-62(29-5-1)97-84-48-21-15-42-74(84)90-85(97)50-49-73-68-37-10-20-47-83(68)102(91(73)90)67-36-24-27-61(53-67)93-94-92(60-26-23-35-66(52-60)101-82-46-19-14-41-72(82)78-55-87-76(57-89(78)101)70-39-12-17-44-80(70)99(87)64-32-8-3-9-33-64)95-96(93)58-59-25-22-34-65(51-59)100-81-45-18-13-40-71(81)77-54-86-75(56-88(77)100)69-38-11-16-43-79(69)98(86)63-30-6-2-7-31-63/h1-57H,58H2. The molecule has 0 aliphatic carbocycles. The lowest BCUT2D eigenvalue weighted by atomic mass is 10.1. The smallest absolute Gasteiger partial charge is 0.126 e. The van der Waals surface area contributed by atoms with E-state index in [1.54, 1.807) is 0 Å². The molecule has 476 valence electrons. The van der Waals surface area contributed by atoms with Crippen molar-refractivity contribution in [3.05, 3.63) is 351 Å². The van der Waals surface area contributed by atoms with E-state index in [4.69, 9.17) is 10.1 Å². The summed E-state index contributed by atoms with van der Waals surface area (Å²) in [7, 11) is 0. The molecule has 22 rings (SSSR count). The molecule has 0 saturated heterocycles. The van der Waals surface area contributed by atoms with E-state index in [1.165, 1.54) is 86.7 Å². The fraction of sp³-hybridized carbons (Fsp3) is 0.0108. The van der Waals surface area contributed by atoms with Crippen molar-refractivity contribution >= 4 is 131 Å². The summed E-state index contributed by atoms with van der Waals surface area (Å²) in [5.74, 6) is 1.40. The van der Waals surface area contributed by atoms with E-state index in [2.05, 4.69) is 378 Å². The largest absolute Gasteiger partial charge is 0.397 e. The highest BCUT2D eigenvalue weighted by Crippen LogP contribution is 2.45. The van der Waals surface area contributed by atoms with Gasteiger partial charge in [-0.3, -0.25) is 9.78 Å². The molecule has 7 aromatic heterocycles. The summed E-state index contributed by atoms with van der Waals surface area (Å²) >= 11 is 0. The average molecular weight is 1300 g/mol. The van der Waals surface area contributed by atoms with Crippen molar-refractivity contribution in [2.24, 2.45) is 0 Å². The first kappa shape index (κ1) is 56.3. The zero-order valence-corrected chi connectivity index (χ0v) is 55.1. The van der Waals surface area contributed by atoms with Crippen molar-refractivity contribution in [2.75, 3.05) is 0 Å². The Morgan fingerprint density at radius 3 is 1.06 bits per heavy atom. The fourth-order valence-corrected chi connectivity index (χ4v) is 17.1. The first-order valence-corrected chi connectivity index (χ1v) is 34.9. The summed E-state index contributed by atoms with van der Waals surface area (Å²) in [5.41, 5.74) is 23.3. The molecule has 0 N–H and O–H groups in total. The lowest BCUT2D eigenvalue weighted by Crippen LogP contribution is -2.40. The van der Waals surface area contributed by atoms with Gasteiger partial charge in [0.1, 0.15) is 12.4 Å². The van der Waals surface area contributed by atoms with Crippen LogP contribution in [0.25, 0.3) is 188 Å². The molecule has 0 unspecified atom stereocenters. The molecule has 9 nitrogen and oxygen atoms in total. The predicted molar refractivity (Wildman–Crippen MR) is 420 cm³/mol. The molecule has 0 fully saturated rings. The number of nitrogens with zero attached hydrogens (tertiary/aromatic N) is 9. The highest BCUT2D eigenvalue weighted by molar-refractivity contribution is 6.27. The number of benzene rings is 15. The Bertz CT molecular complexity index is 7210. The summed E-state index contributed by atoms with van der Waals surface area (Å²) in [6.07, 6.45) is 0. The zero-order chi connectivity index (χ0) is 66.7. The molecule has 0 aliphatic rings.